The summed E-state index contributed by atoms with van der Waals surface area (Å²) < 4.78 is 6.03. The highest BCUT2D eigenvalue weighted by Gasteiger charge is 2.26. The van der Waals surface area contributed by atoms with Crippen molar-refractivity contribution in [1.82, 2.24) is 0 Å². The molecule has 0 aromatic heterocycles. The Labute approximate surface area is 104 Å². The van der Waals surface area contributed by atoms with E-state index in [0.29, 0.717) is 6.10 Å². The summed E-state index contributed by atoms with van der Waals surface area (Å²) in [6.45, 7) is 6.70. The number of ether oxygens (including phenoxy) is 1. The SMILES string of the molecule is Cc1ccc(OC2CCC(C)C(C)C2)c(N)c1. The number of benzene rings is 1. The zero-order valence-electron chi connectivity index (χ0n) is 11.1. The van der Waals surface area contributed by atoms with Gasteiger partial charge >= 0.3 is 0 Å². The zero-order valence-corrected chi connectivity index (χ0v) is 11.1. The molecule has 1 aliphatic rings. The second-order valence-corrected chi connectivity index (χ2v) is 5.55. The minimum atomic E-state index is 0.339. The summed E-state index contributed by atoms with van der Waals surface area (Å²) in [6, 6.07) is 6.03. The van der Waals surface area contributed by atoms with E-state index in [1.165, 1.54) is 12.0 Å². The van der Waals surface area contributed by atoms with Gasteiger partial charge in [-0.1, -0.05) is 19.9 Å². The lowest BCUT2D eigenvalue weighted by molar-refractivity contribution is 0.101. The fourth-order valence-electron chi connectivity index (χ4n) is 2.56. The fourth-order valence-corrected chi connectivity index (χ4v) is 2.56. The normalized spacial score (nSPS) is 29.0. The summed E-state index contributed by atoms with van der Waals surface area (Å²) in [6.07, 6.45) is 3.90. The van der Waals surface area contributed by atoms with Crippen LogP contribution in [0.4, 0.5) is 5.69 Å². The molecule has 0 bridgehead atoms. The molecule has 0 aliphatic heterocycles. The Kier molecular flexibility index (Phi) is 3.60. The highest BCUT2D eigenvalue weighted by atomic mass is 16.5. The Bertz CT molecular complexity index is 389. The van der Waals surface area contributed by atoms with Crippen LogP contribution in [0.1, 0.15) is 38.7 Å². The molecule has 0 saturated heterocycles. The second-order valence-electron chi connectivity index (χ2n) is 5.55. The van der Waals surface area contributed by atoms with E-state index >= 15 is 0 Å². The van der Waals surface area contributed by atoms with Crippen molar-refractivity contribution in [3.63, 3.8) is 0 Å². The van der Waals surface area contributed by atoms with Gasteiger partial charge in [-0.3, -0.25) is 0 Å². The Morgan fingerprint density at radius 3 is 2.59 bits per heavy atom. The van der Waals surface area contributed by atoms with Crippen LogP contribution in [0, 0.1) is 18.8 Å². The molecule has 0 heterocycles. The van der Waals surface area contributed by atoms with E-state index in [-0.39, 0.29) is 0 Å². The van der Waals surface area contributed by atoms with Crippen LogP contribution in [-0.4, -0.2) is 6.10 Å². The van der Waals surface area contributed by atoms with E-state index in [0.717, 1.165) is 36.1 Å². The first-order chi connectivity index (χ1) is 8.06. The smallest absolute Gasteiger partial charge is 0.142 e. The van der Waals surface area contributed by atoms with Crippen LogP contribution in [0.2, 0.25) is 0 Å². The largest absolute Gasteiger partial charge is 0.488 e. The van der Waals surface area contributed by atoms with Gasteiger partial charge in [-0.05, 0) is 55.7 Å². The molecule has 3 atom stereocenters. The Morgan fingerprint density at radius 1 is 1.18 bits per heavy atom. The molecular weight excluding hydrogens is 210 g/mol. The number of hydrogen-bond donors (Lipinski definition) is 1. The lowest BCUT2D eigenvalue weighted by Gasteiger charge is -2.32. The topological polar surface area (TPSA) is 35.2 Å². The van der Waals surface area contributed by atoms with Crippen LogP contribution in [0.25, 0.3) is 0 Å². The third-order valence-electron chi connectivity index (χ3n) is 4.01. The molecule has 1 aromatic rings. The molecule has 0 spiro atoms. The predicted molar refractivity (Wildman–Crippen MR) is 72.2 cm³/mol. The molecular formula is C15H23NO. The molecule has 2 nitrogen and oxygen atoms in total. The standard InChI is InChI=1S/C15H23NO/c1-10-4-7-15(14(16)8-10)17-13-6-5-11(2)12(3)9-13/h4,7-8,11-13H,5-6,9,16H2,1-3H3. The van der Waals surface area contributed by atoms with Crippen LogP contribution in [0.15, 0.2) is 18.2 Å². The van der Waals surface area contributed by atoms with Gasteiger partial charge in [0.25, 0.3) is 0 Å². The molecule has 0 amide bonds. The number of rotatable bonds is 2. The highest BCUT2D eigenvalue weighted by molar-refractivity contribution is 5.54. The molecule has 94 valence electrons. The molecule has 1 fully saturated rings. The summed E-state index contributed by atoms with van der Waals surface area (Å²) in [5.41, 5.74) is 7.92. The Morgan fingerprint density at radius 2 is 1.94 bits per heavy atom. The third-order valence-corrected chi connectivity index (χ3v) is 4.01. The van der Waals surface area contributed by atoms with Crippen molar-refractivity contribution in [2.24, 2.45) is 11.8 Å². The monoisotopic (exact) mass is 233 g/mol. The van der Waals surface area contributed by atoms with Gasteiger partial charge in [0.1, 0.15) is 5.75 Å². The fraction of sp³-hybridized carbons (Fsp3) is 0.600. The number of anilines is 1. The Balaban J connectivity index is 2.01. The number of nitrogens with two attached hydrogens (primary N) is 1. The first-order valence-electron chi connectivity index (χ1n) is 6.59. The summed E-state index contributed by atoms with van der Waals surface area (Å²) in [5, 5.41) is 0. The maximum atomic E-state index is 6.03. The molecule has 0 radical (unpaired) electrons. The van der Waals surface area contributed by atoms with Crippen LogP contribution in [0.3, 0.4) is 0 Å². The van der Waals surface area contributed by atoms with E-state index in [1.807, 2.05) is 19.1 Å². The highest BCUT2D eigenvalue weighted by Crippen LogP contribution is 2.33. The molecule has 1 aromatic carbocycles. The Hall–Kier alpha value is -1.18. The number of hydrogen-bond acceptors (Lipinski definition) is 2. The van der Waals surface area contributed by atoms with Gasteiger partial charge in [-0.2, -0.15) is 0 Å². The molecule has 1 saturated carbocycles. The summed E-state index contributed by atoms with van der Waals surface area (Å²) in [4.78, 5) is 0. The number of nitrogen functional groups attached to an aromatic ring is 1. The summed E-state index contributed by atoms with van der Waals surface area (Å²) in [7, 11) is 0. The summed E-state index contributed by atoms with van der Waals surface area (Å²) in [5.74, 6) is 2.42. The van der Waals surface area contributed by atoms with E-state index in [9.17, 15) is 0 Å². The van der Waals surface area contributed by atoms with E-state index in [1.54, 1.807) is 0 Å². The average molecular weight is 233 g/mol. The van der Waals surface area contributed by atoms with Crippen LogP contribution in [-0.2, 0) is 0 Å². The predicted octanol–water partition coefficient (Wildman–Crippen LogP) is 3.78. The summed E-state index contributed by atoms with van der Waals surface area (Å²) >= 11 is 0. The quantitative estimate of drug-likeness (QED) is 0.789. The van der Waals surface area contributed by atoms with Gasteiger partial charge < -0.3 is 10.5 Å². The van der Waals surface area contributed by atoms with E-state index < -0.39 is 0 Å². The average Bonchev–Trinajstić information content (AvgIpc) is 2.27. The molecule has 2 heteroatoms. The van der Waals surface area contributed by atoms with Gasteiger partial charge in [0.15, 0.2) is 0 Å². The van der Waals surface area contributed by atoms with Crippen molar-refractivity contribution >= 4 is 5.69 Å². The maximum Gasteiger partial charge on any atom is 0.142 e. The van der Waals surface area contributed by atoms with Crippen LogP contribution < -0.4 is 10.5 Å². The molecule has 2 rings (SSSR count). The van der Waals surface area contributed by atoms with Gasteiger partial charge in [-0.15, -0.1) is 0 Å². The maximum absolute atomic E-state index is 6.03. The lowest BCUT2D eigenvalue weighted by Crippen LogP contribution is -2.28. The molecule has 17 heavy (non-hydrogen) atoms. The van der Waals surface area contributed by atoms with Crippen molar-refractivity contribution in [3.8, 4) is 5.75 Å². The third kappa shape index (κ3) is 2.93. The van der Waals surface area contributed by atoms with Gasteiger partial charge in [0.2, 0.25) is 0 Å². The van der Waals surface area contributed by atoms with Gasteiger partial charge in [0.05, 0.1) is 11.8 Å². The van der Waals surface area contributed by atoms with Crippen LogP contribution >= 0.6 is 0 Å². The van der Waals surface area contributed by atoms with Crippen molar-refractivity contribution in [3.05, 3.63) is 23.8 Å². The van der Waals surface area contributed by atoms with E-state index in [2.05, 4.69) is 19.9 Å². The van der Waals surface area contributed by atoms with Crippen LogP contribution in [0.5, 0.6) is 5.75 Å². The van der Waals surface area contributed by atoms with Crippen molar-refractivity contribution in [1.29, 1.82) is 0 Å². The van der Waals surface area contributed by atoms with Crippen molar-refractivity contribution in [2.45, 2.75) is 46.1 Å². The van der Waals surface area contributed by atoms with Gasteiger partial charge in [0, 0.05) is 0 Å². The minimum Gasteiger partial charge on any atom is -0.488 e. The van der Waals surface area contributed by atoms with Crippen molar-refractivity contribution < 1.29 is 4.74 Å². The number of aryl methyl sites for hydroxylation is 1. The van der Waals surface area contributed by atoms with E-state index in [4.69, 9.17) is 10.5 Å². The second kappa shape index (κ2) is 4.99. The lowest BCUT2D eigenvalue weighted by atomic mass is 9.80. The molecule has 1 aliphatic carbocycles. The minimum absolute atomic E-state index is 0.339. The molecule has 2 N–H and O–H groups in total. The first kappa shape index (κ1) is 12.3. The zero-order chi connectivity index (χ0) is 12.4. The van der Waals surface area contributed by atoms with Crippen molar-refractivity contribution in [2.75, 3.05) is 5.73 Å². The molecule has 3 unspecified atom stereocenters. The van der Waals surface area contributed by atoms with Gasteiger partial charge in [-0.25, -0.2) is 0 Å². The first-order valence-corrected chi connectivity index (χ1v) is 6.59.